The lowest BCUT2D eigenvalue weighted by atomic mass is 9.78. The molecule has 0 bridgehead atoms. The summed E-state index contributed by atoms with van der Waals surface area (Å²) in [5, 5.41) is 37.7. The summed E-state index contributed by atoms with van der Waals surface area (Å²) in [4.78, 5) is 97.7. The van der Waals surface area contributed by atoms with E-state index in [9.17, 15) is 53.7 Å². The van der Waals surface area contributed by atoms with Crippen molar-refractivity contribution in [2.75, 3.05) is 0 Å². The molecule has 0 aromatic carbocycles. The first-order valence-electron chi connectivity index (χ1n) is 9.43. The molecule has 2 heterocycles. The number of carboxylic acids is 4. The van der Waals surface area contributed by atoms with Crippen LogP contribution in [0.15, 0.2) is 0 Å². The molecule has 2 aliphatic rings. The van der Waals surface area contributed by atoms with Gasteiger partial charge in [0.2, 0.25) is 23.6 Å². The van der Waals surface area contributed by atoms with Gasteiger partial charge in [-0.15, -0.1) is 0 Å². The molecule has 0 spiro atoms. The summed E-state index contributed by atoms with van der Waals surface area (Å²) in [6.45, 7) is 0. The van der Waals surface area contributed by atoms with Crippen LogP contribution in [-0.4, -0.2) is 83.4 Å². The lowest BCUT2D eigenvalue weighted by molar-refractivity contribution is -0.186. The quantitative estimate of drug-likeness (QED) is 0.267. The van der Waals surface area contributed by atoms with Gasteiger partial charge in [0.25, 0.3) is 0 Å². The van der Waals surface area contributed by atoms with E-state index in [-0.39, 0.29) is 9.80 Å². The molecule has 2 aliphatic heterocycles. The van der Waals surface area contributed by atoms with Crippen LogP contribution in [0.4, 0.5) is 0 Å². The van der Waals surface area contributed by atoms with E-state index in [1.165, 1.54) is 0 Å². The van der Waals surface area contributed by atoms with Gasteiger partial charge in [-0.05, 0) is 0 Å². The molecule has 14 nitrogen and oxygen atoms in total. The van der Waals surface area contributed by atoms with E-state index >= 15 is 0 Å². The van der Waals surface area contributed by atoms with Crippen LogP contribution in [0, 0.1) is 11.8 Å². The molecule has 2 fully saturated rings. The van der Waals surface area contributed by atoms with Crippen LogP contribution in [0.5, 0.6) is 0 Å². The number of nitrogens with zero attached hydrogens (tertiary/aromatic N) is 2. The van der Waals surface area contributed by atoms with Crippen molar-refractivity contribution in [2.24, 2.45) is 11.8 Å². The second kappa shape index (κ2) is 9.11. The molecule has 4 N–H and O–H groups in total. The molecule has 14 heteroatoms. The maximum atomic E-state index is 12.6. The van der Waals surface area contributed by atoms with E-state index in [4.69, 9.17) is 5.11 Å². The van der Waals surface area contributed by atoms with Gasteiger partial charge in [-0.2, -0.15) is 0 Å². The number of rotatable bonds is 11. The zero-order valence-electron chi connectivity index (χ0n) is 16.6. The number of carbonyl (C=O) groups excluding carboxylic acids is 4. The number of imide groups is 2. The summed E-state index contributed by atoms with van der Waals surface area (Å²) in [6.07, 6.45) is -5.36. The fourth-order valence-electron chi connectivity index (χ4n) is 4.20. The van der Waals surface area contributed by atoms with Crippen molar-refractivity contribution in [3.05, 3.63) is 0 Å². The van der Waals surface area contributed by atoms with Gasteiger partial charge in [0.15, 0.2) is 0 Å². The minimum atomic E-state index is -2.85. The summed E-state index contributed by atoms with van der Waals surface area (Å²) >= 11 is 0. The third-order valence-corrected chi connectivity index (χ3v) is 5.43. The second-order valence-corrected chi connectivity index (χ2v) is 7.45. The van der Waals surface area contributed by atoms with E-state index in [0.717, 1.165) is 0 Å². The Bertz CT molecular complexity index is 842. The van der Waals surface area contributed by atoms with Gasteiger partial charge in [-0.25, -0.2) is 0 Å². The fraction of sp³-hybridized carbons (Fsp3) is 0.556. The number of aliphatic carboxylic acids is 4. The van der Waals surface area contributed by atoms with Crippen LogP contribution in [0.1, 0.15) is 44.9 Å². The van der Waals surface area contributed by atoms with E-state index in [1.54, 1.807) is 0 Å². The zero-order chi connectivity index (χ0) is 24.4. The molecule has 0 radical (unpaired) electrons. The second-order valence-electron chi connectivity index (χ2n) is 7.45. The Hall–Kier alpha value is -3.84. The Morgan fingerprint density at radius 3 is 1.34 bits per heavy atom. The first kappa shape index (κ1) is 24.4. The highest BCUT2D eigenvalue weighted by Crippen LogP contribution is 2.44. The number of carboxylic acid groups (broad SMARTS) is 4. The van der Waals surface area contributed by atoms with Gasteiger partial charge < -0.3 is 20.4 Å². The first-order chi connectivity index (χ1) is 14.8. The molecule has 0 saturated carbocycles. The highest BCUT2D eigenvalue weighted by molar-refractivity contribution is 6.08. The maximum Gasteiger partial charge on any atom is 0.311 e. The third-order valence-electron chi connectivity index (χ3n) is 5.43. The molecule has 0 aromatic rings. The third kappa shape index (κ3) is 4.43. The lowest BCUT2D eigenvalue weighted by Gasteiger charge is -2.49. The molecule has 2 atom stereocenters. The SMILES string of the molecule is O=C(O)CC(CC(C(CC(=O)O)C(=O)O)(N1C(=O)CCC1=O)N1C(=O)CCC1=O)C(=O)O. The Balaban J connectivity index is 2.88. The van der Waals surface area contributed by atoms with E-state index < -0.39 is 110 Å². The van der Waals surface area contributed by atoms with Gasteiger partial charge in [0, 0.05) is 32.1 Å². The lowest BCUT2D eigenvalue weighted by Crippen LogP contribution is -2.70. The van der Waals surface area contributed by atoms with Crippen LogP contribution in [0.2, 0.25) is 0 Å². The van der Waals surface area contributed by atoms with E-state index in [1.807, 2.05) is 0 Å². The van der Waals surface area contributed by atoms with Gasteiger partial charge in [0.05, 0.1) is 18.8 Å². The van der Waals surface area contributed by atoms with Crippen LogP contribution in [0.3, 0.4) is 0 Å². The summed E-state index contributed by atoms with van der Waals surface area (Å²) in [5.74, 6) is -15.5. The minimum absolute atomic E-state index is 0.271. The number of hydrogen-bond acceptors (Lipinski definition) is 8. The zero-order valence-corrected chi connectivity index (χ0v) is 16.6. The van der Waals surface area contributed by atoms with Crippen molar-refractivity contribution in [1.29, 1.82) is 0 Å². The molecule has 2 saturated heterocycles. The molecule has 174 valence electrons. The topological polar surface area (TPSA) is 224 Å². The van der Waals surface area contributed by atoms with Gasteiger partial charge in [-0.1, -0.05) is 0 Å². The van der Waals surface area contributed by atoms with Crippen molar-refractivity contribution in [3.8, 4) is 0 Å². The largest absolute Gasteiger partial charge is 0.481 e. The normalized spacial score (nSPS) is 18.8. The van der Waals surface area contributed by atoms with Crippen molar-refractivity contribution < 1.29 is 58.8 Å². The number of likely N-dealkylation sites (tertiary alicyclic amines) is 2. The molecule has 4 amide bonds. The Morgan fingerprint density at radius 1 is 0.688 bits per heavy atom. The Kier molecular flexibility index (Phi) is 6.96. The molecule has 32 heavy (non-hydrogen) atoms. The van der Waals surface area contributed by atoms with Crippen LogP contribution in [0.25, 0.3) is 0 Å². The molecular formula is C18H20N2O12. The monoisotopic (exact) mass is 456 g/mol. The predicted octanol–water partition coefficient (Wildman–Crippen LogP) is -1.28. The number of amides is 4. The van der Waals surface area contributed by atoms with Gasteiger partial charge in [-0.3, -0.25) is 48.2 Å². The highest BCUT2D eigenvalue weighted by atomic mass is 16.4. The molecule has 0 aliphatic carbocycles. The van der Waals surface area contributed by atoms with Gasteiger partial charge in [0.1, 0.15) is 11.6 Å². The number of carbonyl (C=O) groups is 8. The smallest absolute Gasteiger partial charge is 0.311 e. The summed E-state index contributed by atoms with van der Waals surface area (Å²) < 4.78 is 0. The average molecular weight is 456 g/mol. The van der Waals surface area contributed by atoms with Crippen LogP contribution < -0.4 is 0 Å². The molecule has 0 aromatic heterocycles. The molecule has 2 rings (SSSR count). The first-order valence-corrected chi connectivity index (χ1v) is 9.43. The van der Waals surface area contributed by atoms with Crippen LogP contribution >= 0.6 is 0 Å². The summed E-state index contributed by atoms with van der Waals surface area (Å²) in [6, 6.07) is 0. The predicted molar refractivity (Wildman–Crippen MR) is 96.3 cm³/mol. The van der Waals surface area contributed by atoms with Crippen molar-refractivity contribution in [2.45, 2.75) is 50.6 Å². The molecule has 2 unspecified atom stereocenters. The van der Waals surface area contributed by atoms with Crippen molar-refractivity contribution in [1.82, 2.24) is 9.80 Å². The summed E-state index contributed by atoms with van der Waals surface area (Å²) in [5.41, 5.74) is -2.85. The van der Waals surface area contributed by atoms with Crippen molar-refractivity contribution in [3.63, 3.8) is 0 Å². The minimum Gasteiger partial charge on any atom is -0.481 e. The molecular weight excluding hydrogens is 436 g/mol. The number of hydrogen-bond donors (Lipinski definition) is 4. The highest BCUT2D eigenvalue weighted by Gasteiger charge is 2.63. The maximum absolute atomic E-state index is 12.6. The van der Waals surface area contributed by atoms with E-state index in [2.05, 4.69) is 0 Å². The van der Waals surface area contributed by atoms with Crippen molar-refractivity contribution >= 4 is 47.5 Å². The fourth-order valence-corrected chi connectivity index (χ4v) is 4.20. The van der Waals surface area contributed by atoms with Gasteiger partial charge >= 0.3 is 23.9 Å². The standard InChI is InChI=1S/C18H20N2O12/c21-10-1-2-11(22)19(10)18(9(17(31)32)6-15(27)28,20-12(23)3-4-13(20)24)7-8(16(29)30)5-14(25)26/h8-9H,1-7H2,(H,25,26)(H,27,28)(H,29,30)(H,31,32). The van der Waals surface area contributed by atoms with Crippen LogP contribution in [-0.2, 0) is 38.4 Å². The summed E-state index contributed by atoms with van der Waals surface area (Å²) in [7, 11) is 0. The Labute approximate surface area is 179 Å². The Morgan fingerprint density at radius 2 is 1.06 bits per heavy atom. The van der Waals surface area contributed by atoms with E-state index in [0.29, 0.717) is 0 Å². The average Bonchev–Trinajstić information content (AvgIpc) is 3.18.